The number of aldehydes is 1. The summed E-state index contributed by atoms with van der Waals surface area (Å²) >= 11 is 4.90. The average Bonchev–Trinajstić information content (AvgIpc) is 2.41. The number of carbonyl (C=O) groups is 1. The molecule has 0 amide bonds. The lowest BCUT2D eigenvalue weighted by Crippen LogP contribution is -1.86. The Hall–Kier alpha value is -1.26. The van der Waals surface area contributed by atoms with Gasteiger partial charge in [0.15, 0.2) is 6.29 Å². The zero-order chi connectivity index (χ0) is 13.0. The van der Waals surface area contributed by atoms with Crippen LogP contribution in [0.1, 0.15) is 10.4 Å². The van der Waals surface area contributed by atoms with Gasteiger partial charge in [-0.05, 0) is 36.4 Å². The fraction of sp³-hybridized carbons (Fsp3) is 0.0714. The molecule has 0 fully saturated rings. The normalized spacial score (nSPS) is 10.1. The number of hydrogen-bond acceptors (Lipinski definition) is 3. The van der Waals surface area contributed by atoms with Crippen LogP contribution in [0.2, 0.25) is 0 Å². The minimum Gasteiger partial charge on any atom is -0.497 e. The molecule has 0 aliphatic rings. The summed E-state index contributed by atoms with van der Waals surface area (Å²) in [5.74, 6) is 0.810. The molecule has 0 atom stereocenters. The molecule has 0 saturated carbocycles. The van der Waals surface area contributed by atoms with Crippen LogP contribution in [-0.2, 0) is 0 Å². The monoisotopic (exact) mass is 322 g/mol. The van der Waals surface area contributed by atoms with Crippen LogP contribution >= 0.6 is 27.7 Å². The van der Waals surface area contributed by atoms with E-state index in [1.165, 1.54) is 0 Å². The first kappa shape index (κ1) is 13.2. The molecule has 18 heavy (non-hydrogen) atoms. The van der Waals surface area contributed by atoms with E-state index < -0.39 is 0 Å². The van der Waals surface area contributed by atoms with Crippen molar-refractivity contribution < 1.29 is 9.53 Å². The van der Waals surface area contributed by atoms with Crippen molar-refractivity contribution >= 4 is 34.0 Å². The smallest absolute Gasteiger partial charge is 0.151 e. The Labute approximate surface area is 118 Å². The molecule has 0 bridgehead atoms. The van der Waals surface area contributed by atoms with Gasteiger partial charge in [0.2, 0.25) is 0 Å². The minimum atomic E-state index is 0.678. The molecule has 0 heterocycles. The van der Waals surface area contributed by atoms with E-state index in [-0.39, 0.29) is 0 Å². The molecule has 4 heteroatoms. The van der Waals surface area contributed by atoms with Crippen molar-refractivity contribution in [3.63, 3.8) is 0 Å². The molecule has 92 valence electrons. The minimum absolute atomic E-state index is 0.678. The van der Waals surface area contributed by atoms with Gasteiger partial charge in [-0.1, -0.05) is 33.8 Å². The van der Waals surface area contributed by atoms with E-state index in [1.807, 2.05) is 42.5 Å². The van der Waals surface area contributed by atoms with E-state index in [0.29, 0.717) is 5.56 Å². The molecule has 0 radical (unpaired) electrons. The molecule has 2 nitrogen and oxygen atoms in total. The van der Waals surface area contributed by atoms with Crippen LogP contribution in [0, 0.1) is 0 Å². The maximum atomic E-state index is 11.0. The summed E-state index contributed by atoms with van der Waals surface area (Å²) in [6.45, 7) is 0. The Morgan fingerprint density at radius 1 is 1.22 bits per heavy atom. The topological polar surface area (TPSA) is 26.3 Å². The maximum absolute atomic E-state index is 11.0. The van der Waals surface area contributed by atoms with Gasteiger partial charge in [-0.25, -0.2) is 0 Å². The summed E-state index contributed by atoms with van der Waals surface area (Å²) in [4.78, 5) is 13.0. The third-order valence-electron chi connectivity index (χ3n) is 2.37. The van der Waals surface area contributed by atoms with Gasteiger partial charge >= 0.3 is 0 Å². The van der Waals surface area contributed by atoms with Crippen molar-refractivity contribution in [2.24, 2.45) is 0 Å². The number of ether oxygens (including phenoxy) is 1. The first-order valence-electron chi connectivity index (χ1n) is 5.29. The molecule has 0 unspecified atom stereocenters. The fourth-order valence-corrected chi connectivity index (χ4v) is 2.81. The van der Waals surface area contributed by atoms with Crippen LogP contribution < -0.4 is 4.74 Å². The molecule has 0 aromatic heterocycles. The van der Waals surface area contributed by atoms with Crippen molar-refractivity contribution in [2.45, 2.75) is 9.79 Å². The summed E-state index contributed by atoms with van der Waals surface area (Å²) in [6.07, 6.45) is 0.868. The van der Waals surface area contributed by atoms with E-state index in [0.717, 1.165) is 26.3 Å². The number of hydrogen-bond donors (Lipinski definition) is 0. The van der Waals surface area contributed by atoms with Crippen molar-refractivity contribution in [1.82, 2.24) is 0 Å². The Morgan fingerprint density at radius 3 is 2.78 bits per heavy atom. The van der Waals surface area contributed by atoms with Gasteiger partial charge in [0.05, 0.1) is 7.11 Å². The zero-order valence-corrected chi connectivity index (χ0v) is 12.1. The first-order chi connectivity index (χ1) is 8.72. The Balaban J connectivity index is 2.30. The molecular formula is C14H11BrO2S. The van der Waals surface area contributed by atoms with E-state index in [4.69, 9.17) is 4.74 Å². The Morgan fingerprint density at radius 2 is 2.06 bits per heavy atom. The van der Waals surface area contributed by atoms with Crippen LogP contribution in [0.5, 0.6) is 5.75 Å². The molecule has 2 aromatic rings. The van der Waals surface area contributed by atoms with Gasteiger partial charge in [-0.3, -0.25) is 4.79 Å². The van der Waals surface area contributed by atoms with Crippen LogP contribution in [0.4, 0.5) is 0 Å². The highest BCUT2D eigenvalue weighted by Gasteiger charge is 2.05. The molecule has 0 aliphatic heterocycles. The summed E-state index contributed by atoms with van der Waals surface area (Å²) in [6, 6.07) is 13.4. The highest BCUT2D eigenvalue weighted by Crippen LogP contribution is 2.32. The fourth-order valence-electron chi connectivity index (χ4n) is 1.50. The molecular weight excluding hydrogens is 312 g/mol. The van der Waals surface area contributed by atoms with E-state index >= 15 is 0 Å². The molecule has 2 aromatic carbocycles. The molecule has 2 rings (SSSR count). The molecule has 0 saturated heterocycles. The number of benzene rings is 2. The lowest BCUT2D eigenvalue weighted by molar-refractivity contribution is 0.112. The second kappa shape index (κ2) is 6.07. The Bertz CT molecular complexity index is 569. The summed E-state index contributed by atoms with van der Waals surface area (Å²) < 4.78 is 6.08. The Kier molecular flexibility index (Phi) is 4.44. The van der Waals surface area contributed by atoms with Crippen molar-refractivity contribution in [2.75, 3.05) is 7.11 Å². The highest BCUT2D eigenvalue weighted by atomic mass is 79.9. The predicted octanol–water partition coefficient (Wildman–Crippen LogP) is 4.42. The van der Waals surface area contributed by atoms with Crippen LogP contribution in [0.15, 0.2) is 56.7 Å². The average molecular weight is 323 g/mol. The standard InChI is InChI=1S/C14H11BrO2S/c1-17-12-3-2-4-13(8-12)18-14-6-5-11(15)7-10(14)9-16/h2-9H,1H3. The van der Waals surface area contributed by atoms with Gasteiger partial charge < -0.3 is 4.74 Å². The third-order valence-corrected chi connectivity index (χ3v) is 3.94. The van der Waals surface area contributed by atoms with E-state index in [9.17, 15) is 4.79 Å². The van der Waals surface area contributed by atoms with Gasteiger partial charge in [0, 0.05) is 19.8 Å². The number of carbonyl (C=O) groups excluding carboxylic acids is 1. The van der Waals surface area contributed by atoms with Gasteiger partial charge in [0.1, 0.15) is 5.75 Å². The van der Waals surface area contributed by atoms with Crippen molar-refractivity contribution in [3.05, 3.63) is 52.5 Å². The predicted molar refractivity (Wildman–Crippen MR) is 76.6 cm³/mol. The first-order valence-corrected chi connectivity index (χ1v) is 6.90. The quantitative estimate of drug-likeness (QED) is 0.779. The molecule has 0 aliphatic carbocycles. The second-order valence-electron chi connectivity index (χ2n) is 3.58. The van der Waals surface area contributed by atoms with Crippen molar-refractivity contribution in [3.8, 4) is 5.75 Å². The lowest BCUT2D eigenvalue weighted by atomic mass is 10.2. The molecule has 0 N–H and O–H groups in total. The second-order valence-corrected chi connectivity index (χ2v) is 5.61. The van der Waals surface area contributed by atoms with Crippen LogP contribution in [0.25, 0.3) is 0 Å². The number of methoxy groups -OCH3 is 1. The lowest BCUT2D eigenvalue weighted by Gasteiger charge is -2.06. The van der Waals surface area contributed by atoms with Gasteiger partial charge in [0.25, 0.3) is 0 Å². The van der Waals surface area contributed by atoms with Crippen LogP contribution in [0.3, 0.4) is 0 Å². The van der Waals surface area contributed by atoms with Gasteiger partial charge in [-0.2, -0.15) is 0 Å². The highest BCUT2D eigenvalue weighted by molar-refractivity contribution is 9.10. The largest absolute Gasteiger partial charge is 0.497 e. The number of halogens is 1. The van der Waals surface area contributed by atoms with E-state index in [1.54, 1.807) is 18.9 Å². The van der Waals surface area contributed by atoms with E-state index in [2.05, 4.69) is 15.9 Å². The number of rotatable bonds is 4. The van der Waals surface area contributed by atoms with Crippen molar-refractivity contribution in [1.29, 1.82) is 0 Å². The summed E-state index contributed by atoms with van der Waals surface area (Å²) in [7, 11) is 1.64. The van der Waals surface area contributed by atoms with Crippen LogP contribution in [-0.4, -0.2) is 13.4 Å². The summed E-state index contributed by atoms with van der Waals surface area (Å²) in [5.41, 5.74) is 0.678. The third kappa shape index (κ3) is 3.15. The summed E-state index contributed by atoms with van der Waals surface area (Å²) in [5, 5.41) is 0. The maximum Gasteiger partial charge on any atom is 0.151 e. The SMILES string of the molecule is COc1cccc(Sc2ccc(Br)cc2C=O)c1. The molecule has 0 spiro atoms. The zero-order valence-electron chi connectivity index (χ0n) is 9.72. The van der Waals surface area contributed by atoms with Gasteiger partial charge in [-0.15, -0.1) is 0 Å².